The highest BCUT2D eigenvalue weighted by atomic mass is 32.2. The summed E-state index contributed by atoms with van der Waals surface area (Å²) in [5.74, 6) is -1.07. The Hall–Kier alpha value is -2.62. The SMILES string of the molecule is Cc1nc(-c2ccc(CNC(=O)C3CCCN(S(=O)(=O)c4ccc(F)cc4)C3)cc2)cs1. The molecule has 1 aromatic heterocycles. The van der Waals surface area contributed by atoms with Gasteiger partial charge in [-0.25, -0.2) is 17.8 Å². The molecular weight excluding hydrogens is 449 g/mol. The van der Waals surface area contributed by atoms with E-state index in [9.17, 15) is 17.6 Å². The Morgan fingerprint density at radius 2 is 1.91 bits per heavy atom. The van der Waals surface area contributed by atoms with Crippen molar-refractivity contribution in [2.45, 2.75) is 31.2 Å². The van der Waals surface area contributed by atoms with E-state index < -0.39 is 21.8 Å². The Labute approximate surface area is 191 Å². The quantitative estimate of drug-likeness (QED) is 0.588. The molecule has 0 aliphatic carbocycles. The van der Waals surface area contributed by atoms with Crippen molar-refractivity contribution < 1.29 is 17.6 Å². The minimum atomic E-state index is -3.76. The van der Waals surface area contributed by atoms with Crippen molar-refractivity contribution in [3.63, 3.8) is 0 Å². The summed E-state index contributed by atoms with van der Waals surface area (Å²) in [6, 6.07) is 12.6. The molecule has 1 atom stereocenters. The second kappa shape index (κ2) is 9.48. The zero-order chi connectivity index (χ0) is 22.7. The minimum absolute atomic E-state index is 0.0374. The van der Waals surface area contributed by atoms with Gasteiger partial charge < -0.3 is 5.32 Å². The monoisotopic (exact) mass is 473 g/mol. The molecule has 1 saturated heterocycles. The van der Waals surface area contributed by atoms with Gasteiger partial charge in [0.2, 0.25) is 15.9 Å². The van der Waals surface area contributed by atoms with E-state index in [1.54, 1.807) is 11.3 Å². The summed E-state index contributed by atoms with van der Waals surface area (Å²) in [7, 11) is -3.76. The van der Waals surface area contributed by atoms with Crippen LogP contribution in [0.3, 0.4) is 0 Å². The van der Waals surface area contributed by atoms with Crippen molar-refractivity contribution in [3.8, 4) is 11.3 Å². The molecule has 1 amide bonds. The van der Waals surface area contributed by atoms with E-state index in [1.807, 2.05) is 36.6 Å². The number of nitrogens with zero attached hydrogens (tertiary/aromatic N) is 2. The molecule has 168 valence electrons. The largest absolute Gasteiger partial charge is 0.352 e. The molecule has 1 aliphatic rings. The highest BCUT2D eigenvalue weighted by molar-refractivity contribution is 7.89. The molecule has 1 aliphatic heterocycles. The van der Waals surface area contributed by atoms with E-state index in [0.717, 1.165) is 34.0 Å². The number of sulfonamides is 1. The number of aromatic nitrogens is 1. The number of aryl methyl sites for hydroxylation is 1. The summed E-state index contributed by atoms with van der Waals surface area (Å²) in [6.07, 6.45) is 1.23. The first-order valence-corrected chi connectivity index (χ1v) is 12.7. The second-order valence-electron chi connectivity index (χ2n) is 7.82. The van der Waals surface area contributed by atoms with Gasteiger partial charge in [0.25, 0.3) is 0 Å². The summed E-state index contributed by atoms with van der Waals surface area (Å²) in [5, 5.41) is 5.96. The molecule has 1 fully saturated rings. The van der Waals surface area contributed by atoms with Crippen LogP contribution in [0.15, 0.2) is 58.8 Å². The third-order valence-electron chi connectivity index (χ3n) is 5.54. The number of carbonyl (C=O) groups is 1. The molecule has 0 radical (unpaired) electrons. The highest BCUT2D eigenvalue weighted by Gasteiger charge is 2.33. The summed E-state index contributed by atoms with van der Waals surface area (Å²) in [6.45, 7) is 2.81. The second-order valence-corrected chi connectivity index (χ2v) is 10.8. The number of carbonyl (C=O) groups excluding carboxylic acids is 1. The number of piperidine rings is 1. The van der Waals surface area contributed by atoms with Crippen molar-refractivity contribution in [1.29, 1.82) is 0 Å². The van der Waals surface area contributed by atoms with E-state index in [2.05, 4.69) is 10.3 Å². The van der Waals surface area contributed by atoms with Crippen molar-refractivity contribution in [1.82, 2.24) is 14.6 Å². The Morgan fingerprint density at radius 3 is 2.56 bits per heavy atom. The van der Waals surface area contributed by atoms with Crippen LogP contribution in [-0.2, 0) is 21.4 Å². The smallest absolute Gasteiger partial charge is 0.243 e. The zero-order valence-corrected chi connectivity index (χ0v) is 19.3. The molecule has 0 saturated carbocycles. The number of hydrogen-bond acceptors (Lipinski definition) is 5. The van der Waals surface area contributed by atoms with Gasteiger partial charge in [0.15, 0.2) is 0 Å². The van der Waals surface area contributed by atoms with E-state index in [-0.39, 0.29) is 17.3 Å². The molecule has 1 unspecified atom stereocenters. The fraction of sp³-hybridized carbons (Fsp3) is 0.304. The van der Waals surface area contributed by atoms with Crippen LogP contribution in [0.2, 0.25) is 0 Å². The Kier molecular flexibility index (Phi) is 6.68. The molecule has 32 heavy (non-hydrogen) atoms. The topological polar surface area (TPSA) is 79.4 Å². The Bertz CT molecular complexity index is 1190. The summed E-state index contributed by atoms with van der Waals surface area (Å²) < 4.78 is 40.2. The van der Waals surface area contributed by atoms with Gasteiger partial charge in [0.05, 0.1) is 21.5 Å². The summed E-state index contributed by atoms with van der Waals surface area (Å²) in [4.78, 5) is 17.2. The first kappa shape index (κ1) is 22.6. The standard InChI is InChI=1S/C23H24FN3O3S2/c1-16-26-22(15-31-16)18-6-4-17(5-7-18)13-25-23(28)19-3-2-12-27(14-19)32(29,30)21-10-8-20(24)9-11-21/h4-11,15,19H,2-3,12-14H2,1H3,(H,25,28). The van der Waals surface area contributed by atoms with E-state index >= 15 is 0 Å². The summed E-state index contributed by atoms with van der Waals surface area (Å²) in [5.41, 5.74) is 2.92. The maximum atomic E-state index is 13.2. The molecule has 3 aromatic rings. The molecule has 0 spiro atoms. The predicted molar refractivity (Wildman–Crippen MR) is 122 cm³/mol. The van der Waals surface area contributed by atoms with Crippen LogP contribution >= 0.6 is 11.3 Å². The average Bonchev–Trinajstić information content (AvgIpc) is 3.24. The normalized spacial score (nSPS) is 17.2. The van der Waals surface area contributed by atoms with Crippen LogP contribution < -0.4 is 5.32 Å². The molecule has 2 heterocycles. The van der Waals surface area contributed by atoms with Crippen LogP contribution in [0.4, 0.5) is 4.39 Å². The summed E-state index contributed by atoms with van der Waals surface area (Å²) >= 11 is 1.60. The minimum Gasteiger partial charge on any atom is -0.352 e. The number of benzene rings is 2. The maximum absolute atomic E-state index is 13.2. The molecule has 0 bridgehead atoms. The number of hydrogen-bond donors (Lipinski definition) is 1. The molecule has 1 N–H and O–H groups in total. The maximum Gasteiger partial charge on any atom is 0.243 e. The van der Waals surface area contributed by atoms with Gasteiger partial charge in [-0.3, -0.25) is 4.79 Å². The van der Waals surface area contributed by atoms with E-state index in [4.69, 9.17) is 0 Å². The molecule has 2 aromatic carbocycles. The highest BCUT2D eigenvalue weighted by Crippen LogP contribution is 2.25. The number of rotatable bonds is 6. The van der Waals surface area contributed by atoms with E-state index in [1.165, 1.54) is 16.4 Å². The lowest BCUT2D eigenvalue weighted by molar-refractivity contribution is -0.126. The number of amides is 1. The third-order valence-corrected chi connectivity index (χ3v) is 8.19. The molecule has 4 rings (SSSR count). The van der Waals surface area contributed by atoms with E-state index in [0.29, 0.717) is 25.9 Å². The Morgan fingerprint density at radius 1 is 1.19 bits per heavy atom. The van der Waals surface area contributed by atoms with Crippen molar-refractivity contribution in [2.24, 2.45) is 5.92 Å². The number of halogens is 1. The van der Waals surface area contributed by atoms with Crippen molar-refractivity contribution in [2.75, 3.05) is 13.1 Å². The Balaban J connectivity index is 1.35. The average molecular weight is 474 g/mol. The lowest BCUT2D eigenvalue weighted by atomic mass is 9.98. The molecular formula is C23H24FN3O3S2. The van der Waals surface area contributed by atoms with Gasteiger partial charge in [0.1, 0.15) is 5.82 Å². The fourth-order valence-corrected chi connectivity index (χ4v) is 5.90. The third kappa shape index (κ3) is 5.06. The number of nitrogens with one attached hydrogen (secondary N) is 1. The zero-order valence-electron chi connectivity index (χ0n) is 17.6. The van der Waals surface area contributed by atoms with Crippen LogP contribution in [0.25, 0.3) is 11.3 Å². The van der Waals surface area contributed by atoms with Crippen molar-refractivity contribution >= 4 is 27.3 Å². The van der Waals surface area contributed by atoms with Gasteiger partial charge in [-0.15, -0.1) is 11.3 Å². The number of thiazole rings is 1. The molecule has 9 heteroatoms. The van der Waals surface area contributed by atoms with Crippen LogP contribution in [-0.4, -0.2) is 36.7 Å². The van der Waals surface area contributed by atoms with Crippen molar-refractivity contribution in [3.05, 3.63) is 70.3 Å². The first-order chi connectivity index (χ1) is 15.3. The molecule has 6 nitrogen and oxygen atoms in total. The van der Waals surface area contributed by atoms with Gasteiger partial charge in [-0.2, -0.15) is 4.31 Å². The lowest BCUT2D eigenvalue weighted by Gasteiger charge is -2.31. The van der Waals surface area contributed by atoms with Gasteiger partial charge in [-0.1, -0.05) is 24.3 Å². The van der Waals surface area contributed by atoms with Gasteiger partial charge >= 0.3 is 0 Å². The van der Waals surface area contributed by atoms with Crippen LogP contribution in [0.1, 0.15) is 23.4 Å². The van der Waals surface area contributed by atoms with Crippen LogP contribution in [0, 0.1) is 18.7 Å². The van der Waals surface area contributed by atoms with Gasteiger partial charge in [-0.05, 0) is 49.6 Å². The fourth-order valence-electron chi connectivity index (χ4n) is 3.75. The first-order valence-electron chi connectivity index (χ1n) is 10.4. The lowest BCUT2D eigenvalue weighted by Crippen LogP contribution is -2.45. The predicted octanol–water partition coefficient (Wildman–Crippen LogP) is 3.97. The van der Waals surface area contributed by atoms with Crippen LogP contribution in [0.5, 0.6) is 0 Å². The van der Waals surface area contributed by atoms with Gasteiger partial charge in [0, 0.05) is 30.6 Å².